The molecule has 8 heteroatoms. The number of nitrogens with zero attached hydrogens (tertiary/aromatic N) is 2. The second kappa shape index (κ2) is 4.84. The standard InChI is InChI=1S/C12H8N2O6/c15-11-7(3-1-5-9(11)13(17)18)8-4-2-6-10(12(8)16)14(19)20/h1-6,15-16H. The number of aromatic hydroxyl groups is 2. The molecule has 0 aliphatic carbocycles. The van der Waals surface area contributed by atoms with Crippen molar-refractivity contribution >= 4 is 11.4 Å². The van der Waals surface area contributed by atoms with Crippen LogP contribution in [0.15, 0.2) is 36.4 Å². The second-order valence-electron chi connectivity index (χ2n) is 3.86. The van der Waals surface area contributed by atoms with Crippen LogP contribution in [0.3, 0.4) is 0 Å². The molecule has 0 aromatic heterocycles. The average Bonchev–Trinajstić information content (AvgIpc) is 2.39. The molecule has 0 fully saturated rings. The maximum absolute atomic E-state index is 10.7. The Morgan fingerprint density at radius 2 is 1.10 bits per heavy atom. The topological polar surface area (TPSA) is 127 Å². The van der Waals surface area contributed by atoms with E-state index in [1.165, 1.54) is 24.3 Å². The Morgan fingerprint density at radius 1 is 0.750 bits per heavy atom. The molecule has 0 radical (unpaired) electrons. The van der Waals surface area contributed by atoms with Crippen LogP contribution >= 0.6 is 0 Å². The van der Waals surface area contributed by atoms with E-state index in [0.717, 1.165) is 12.1 Å². The first-order valence-electron chi connectivity index (χ1n) is 5.36. The number of phenols is 2. The Hall–Kier alpha value is -3.16. The third-order valence-electron chi connectivity index (χ3n) is 2.71. The zero-order chi connectivity index (χ0) is 14.9. The van der Waals surface area contributed by atoms with Gasteiger partial charge in [0.25, 0.3) is 0 Å². The predicted molar refractivity (Wildman–Crippen MR) is 68.5 cm³/mol. The highest BCUT2D eigenvalue weighted by Crippen LogP contribution is 2.43. The Kier molecular flexibility index (Phi) is 3.21. The lowest BCUT2D eigenvalue weighted by atomic mass is 10.0. The summed E-state index contributed by atoms with van der Waals surface area (Å²) >= 11 is 0. The highest BCUT2D eigenvalue weighted by Gasteiger charge is 2.23. The summed E-state index contributed by atoms with van der Waals surface area (Å²) < 4.78 is 0. The van der Waals surface area contributed by atoms with Gasteiger partial charge in [-0.3, -0.25) is 20.2 Å². The van der Waals surface area contributed by atoms with Gasteiger partial charge >= 0.3 is 11.4 Å². The minimum atomic E-state index is -0.784. The van der Waals surface area contributed by atoms with Gasteiger partial charge in [-0.25, -0.2) is 0 Å². The fourth-order valence-corrected chi connectivity index (χ4v) is 1.79. The van der Waals surface area contributed by atoms with Crippen LogP contribution in [0.25, 0.3) is 11.1 Å². The summed E-state index contributed by atoms with van der Waals surface area (Å²) in [4.78, 5) is 19.9. The highest BCUT2D eigenvalue weighted by molar-refractivity contribution is 5.81. The molecule has 2 aromatic carbocycles. The van der Waals surface area contributed by atoms with E-state index in [-0.39, 0.29) is 11.1 Å². The van der Waals surface area contributed by atoms with Crippen molar-refractivity contribution in [2.24, 2.45) is 0 Å². The zero-order valence-electron chi connectivity index (χ0n) is 9.89. The van der Waals surface area contributed by atoms with Gasteiger partial charge in [-0.1, -0.05) is 12.1 Å². The van der Waals surface area contributed by atoms with Crippen LogP contribution in [0.2, 0.25) is 0 Å². The number of nitro benzene ring substituents is 2. The van der Waals surface area contributed by atoms with Crippen molar-refractivity contribution in [3.63, 3.8) is 0 Å². The van der Waals surface area contributed by atoms with Gasteiger partial charge in [0.05, 0.1) is 9.85 Å². The van der Waals surface area contributed by atoms with Crippen LogP contribution in [0.4, 0.5) is 11.4 Å². The molecule has 0 saturated heterocycles. The lowest BCUT2D eigenvalue weighted by molar-refractivity contribution is -0.386. The second-order valence-corrected chi connectivity index (χ2v) is 3.86. The van der Waals surface area contributed by atoms with Gasteiger partial charge in [0.2, 0.25) is 11.5 Å². The Balaban J connectivity index is 2.70. The number of nitro groups is 2. The SMILES string of the molecule is O=[N+]([O-])c1cccc(-c2cccc([N+](=O)[O-])c2O)c1O. The summed E-state index contributed by atoms with van der Waals surface area (Å²) in [7, 11) is 0. The van der Waals surface area contributed by atoms with E-state index >= 15 is 0 Å². The Labute approximate surface area is 111 Å². The largest absolute Gasteiger partial charge is 0.502 e. The van der Waals surface area contributed by atoms with E-state index in [0.29, 0.717) is 0 Å². The number of rotatable bonds is 3. The van der Waals surface area contributed by atoms with E-state index in [9.17, 15) is 30.4 Å². The molecule has 0 unspecified atom stereocenters. The molecule has 0 aliphatic heterocycles. The minimum Gasteiger partial charge on any atom is -0.502 e. The van der Waals surface area contributed by atoms with Crippen LogP contribution in [0, 0.1) is 20.2 Å². The molecule has 2 rings (SSSR count). The number of hydrogen-bond acceptors (Lipinski definition) is 6. The number of benzene rings is 2. The molecule has 0 spiro atoms. The summed E-state index contributed by atoms with van der Waals surface area (Å²) in [5, 5.41) is 41.2. The number of phenolic OH excluding ortho intramolecular Hbond substituents is 2. The van der Waals surface area contributed by atoms with Gasteiger partial charge in [-0.15, -0.1) is 0 Å². The molecule has 0 amide bonds. The first kappa shape index (κ1) is 13.3. The minimum absolute atomic E-state index is 0.0552. The third-order valence-corrected chi connectivity index (χ3v) is 2.71. The highest BCUT2D eigenvalue weighted by atomic mass is 16.6. The quantitative estimate of drug-likeness (QED) is 0.655. The van der Waals surface area contributed by atoms with Gasteiger partial charge in [0.15, 0.2) is 0 Å². The Morgan fingerprint density at radius 3 is 1.40 bits per heavy atom. The summed E-state index contributed by atoms with van der Waals surface area (Å²) in [6.45, 7) is 0. The fraction of sp³-hybridized carbons (Fsp3) is 0. The monoisotopic (exact) mass is 276 g/mol. The lowest BCUT2D eigenvalue weighted by Gasteiger charge is -2.07. The van der Waals surface area contributed by atoms with Crippen LogP contribution in [-0.2, 0) is 0 Å². The van der Waals surface area contributed by atoms with Gasteiger partial charge in [0.1, 0.15) is 0 Å². The van der Waals surface area contributed by atoms with Crippen molar-refractivity contribution in [3.8, 4) is 22.6 Å². The number of para-hydroxylation sites is 2. The van der Waals surface area contributed by atoms with Crippen LogP contribution in [-0.4, -0.2) is 20.1 Å². The van der Waals surface area contributed by atoms with E-state index in [1.54, 1.807) is 0 Å². The maximum atomic E-state index is 10.7. The number of hydrogen-bond donors (Lipinski definition) is 2. The normalized spacial score (nSPS) is 10.2. The summed E-state index contributed by atoms with van der Waals surface area (Å²) in [6, 6.07) is 7.44. The lowest BCUT2D eigenvalue weighted by Crippen LogP contribution is -1.92. The summed E-state index contributed by atoms with van der Waals surface area (Å²) in [5.41, 5.74) is -1.21. The maximum Gasteiger partial charge on any atom is 0.311 e. The summed E-state index contributed by atoms with van der Waals surface area (Å²) in [6.07, 6.45) is 0. The smallest absolute Gasteiger partial charge is 0.311 e. The first-order valence-corrected chi connectivity index (χ1v) is 5.36. The molecule has 2 N–H and O–H groups in total. The van der Waals surface area contributed by atoms with Crippen LogP contribution in [0.5, 0.6) is 11.5 Å². The zero-order valence-corrected chi connectivity index (χ0v) is 9.89. The van der Waals surface area contributed by atoms with Crippen LogP contribution < -0.4 is 0 Å². The van der Waals surface area contributed by atoms with Gasteiger partial charge in [-0.05, 0) is 12.1 Å². The Bertz CT molecular complexity index is 652. The molecule has 102 valence electrons. The molecule has 0 aliphatic rings. The van der Waals surface area contributed by atoms with E-state index in [4.69, 9.17) is 0 Å². The molecule has 0 heterocycles. The van der Waals surface area contributed by atoms with Crippen molar-refractivity contribution in [1.29, 1.82) is 0 Å². The van der Waals surface area contributed by atoms with Crippen molar-refractivity contribution in [2.75, 3.05) is 0 Å². The van der Waals surface area contributed by atoms with Gasteiger partial charge in [-0.2, -0.15) is 0 Å². The average molecular weight is 276 g/mol. The molecule has 20 heavy (non-hydrogen) atoms. The van der Waals surface area contributed by atoms with E-state index in [2.05, 4.69) is 0 Å². The molecule has 0 saturated carbocycles. The molecule has 0 atom stereocenters. The molecule has 2 aromatic rings. The molecule has 8 nitrogen and oxygen atoms in total. The molecule has 0 bridgehead atoms. The van der Waals surface area contributed by atoms with Crippen molar-refractivity contribution in [3.05, 3.63) is 56.6 Å². The van der Waals surface area contributed by atoms with Crippen molar-refractivity contribution in [2.45, 2.75) is 0 Å². The van der Waals surface area contributed by atoms with Crippen molar-refractivity contribution < 1.29 is 20.1 Å². The predicted octanol–water partition coefficient (Wildman–Crippen LogP) is 2.58. The van der Waals surface area contributed by atoms with Gasteiger partial charge in [0, 0.05) is 23.3 Å². The molecular weight excluding hydrogens is 268 g/mol. The van der Waals surface area contributed by atoms with Gasteiger partial charge < -0.3 is 10.2 Å². The summed E-state index contributed by atoms with van der Waals surface area (Å²) in [5.74, 6) is -1.32. The van der Waals surface area contributed by atoms with E-state index in [1.807, 2.05) is 0 Å². The first-order chi connectivity index (χ1) is 9.43. The fourth-order valence-electron chi connectivity index (χ4n) is 1.79. The third kappa shape index (κ3) is 2.09. The van der Waals surface area contributed by atoms with Crippen LogP contribution in [0.1, 0.15) is 0 Å². The molecular formula is C12H8N2O6. The van der Waals surface area contributed by atoms with Crippen molar-refractivity contribution in [1.82, 2.24) is 0 Å². The van der Waals surface area contributed by atoms with E-state index < -0.39 is 32.7 Å².